The number of carbonyl (C=O) groups is 1. The van der Waals surface area contributed by atoms with Crippen LogP contribution in [0.2, 0.25) is 0 Å². The fraction of sp³-hybridized carbons (Fsp3) is 0.167. The van der Waals surface area contributed by atoms with Crippen molar-refractivity contribution in [1.82, 2.24) is 0 Å². The predicted molar refractivity (Wildman–Crippen MR) is 87.6 cm³/mol. The van der Waals surface area contributed by atoms with Gasteiger partial charge in [0, 0.05) is 11.6 Å². The van der Waals surface area contributed by atoms with E-state index in [-0.39, 0.29) is 11.5 Å². The van der Waals surface area contributed by atoms with E-state index in [1.54, 1.807) is 24.3 Å². The van der Waals surface area contributed by atoms with Gasteiger partial charge in [0.05, 0.1) is 26.9 Å². The molecular weight excluding hydrogens is 296 g/mol. The molecule has 2 rings (SSSR count). The minimum Gasteiger partial charge on any atom is -0.507 e. The molecule has 0 saturated carbocycles. The molecule has 5 heteroatoms. The first kappa shape index (κ1) is 16.4. The van der Waals surface area contributed by atoms with Gasteiger partial charge in [-0.2, -0.15) is 0 Å². The van der Waals surface area contributed by atoms with Crippen LogP contribution in [0.25, 0.3) is 6.08 Å². The third-order valence-electron chi connectivity index (χ3n) is 3.31. The van der Waals surface area contributed by atoms with Crippen LogP contribution in [0, 0.1) is 0 Å². The highest BCUT2D eigenvalue weighted by Crippen LogP contribution is 2.45. The van der Waals surface area contributed by atoms with Crippen LogP contribution in [0.3, 0.4) is 0 Å². The zero-order valence-electron chi connectivity index (χ0n) is 13.2. The van der Waals surface area contributed by atoms with Gasteiger partial charge in [-0.1, -0.05) is 30.3 Å². The first-order valence-corrected chi connectivity index (χ1v) is 6.91. The van der Waals surface area contributed by atoms with Gasteiger partial charge in [0.15, 0.2) is 17.3 Å². The molecule has 0 radical (unpaired) electrons. The molecule has 0 saturated heterocycles. The molecule has 120 valence electrons. The maximum absolute atomic E-state index is 12.1. The fourth-order valence-electron chi connectivity index (χ4n) is 2.18. The van der Waals surface area contributed by atoms with E-state index in [0.717, 1.165) is 0 Å². The van der Waals surface area contributed by atoms with E-state index in [0.29, 0.717) is 28.4 Å². The van der Waals surface area contributed by atoms with Gasteiger partial charge >= 0.3 is 0 Å². The van der Waals surface area contributed by atoms with E-state index < -0.39 is 0 Å². The molecule has 2 aromatic rings. The summed E-state index contributed by atoms with van der Waals surface area (Å²) in [5, 5.41) is 10.2. The van der Waals surface area contributed by atoms with Gasteiger partial charge in [0.25, 0.3) is 0 Å². The third kappa shape index (κ3) is 3.45. The van der Waals surface area contributed by atoms with Gasteiger partial charge in [-0.25, -0.2) is 0 Å². The molecule has 0 bridgehead atoms. The Morgan fingerprint density at radius 3 is 2.22 bits per heavy atom. The first-order chi connectivity index (χ1) is 11.1. The van der Waals surface area contributed by atoms with Crippen LogP contribution in [0.4, 0.5) is 0 Å². The highest BCUT2D eigenvalue weighted by molar-refractivity contribution is 6.07. The Labute approximate surface area is 134 Å². The number of carbonyl (C=O) groups excluding carboxylic acids is 1. The monoisotopic (exact) mass is 314 g/mol. The lowest BCUT2D eigenvalue weighted by Gasteiger charge is -2.15. The summed E-state index contributed by atoms with van der Waals surface area (Å²) in [4.78, 5) is 12.1. The van der Waals surface area contributed by atoms with Crippen LogP contribution in [0.15, 0.2) is 42.5 Å². The van der Waals surface area contributed by atoms with E-state index in [9.17, 15) is 9.90 Å². The topological polar surface area (TPSA) is 65.0 Å². The Hall–Kier alpha value is -2.95. The summed E-state index contributed by atoms with van der Waals surface area (Å²) < 4.78 is 15.7. The molecule has 0 unspecified atom stereocenters. The zero-order chi connectivity index (χ0) is 16.8. The van der Waals surface area contributed by atoms with E-state index in [2.05, 4.69) is 0 Å². The lowest BCUT2D eigenvalue weighted by Crippen LogP contribution is -1.98. The smallest absolute Gasteiger partial charge is 0.204 e. The van der Waals surface area contributed by atoms with Gasteiger partial charge in [-0.3, -0.25) is 4.79 Å². The van der Waals surface area contributed by atoms with Crippen LogP contribution < -0.4 is 14.2 Å². The molecule has 0 aliphatic heterocycles. The van der Waals surface area contributed by atoms with Crippen LogP contribution in [0.5, 0.6) is 23.0 Å². The van der Waals surface area contributed by atoms with Crippen molar-refractivity contribution in [1.29, 1.82) is 0 Å². The Kier molecular flexibility index (Phi) is 5.25. The van der Waals surface area contributed by atoms with Gasteiger partial charge in [0.1, 0.15) is 5.75 Å². The van der Waals surface area contributed by atoms with E-state index in [1.807, 2.05) is 6.07 Å². The summed E-state index contributed by atoms with van der Waals surface area (Å²) in [7, 11) is 4.39. The molecule has 23 heavy (non-hydrogen) atoms. The summed E-state index contributed by atoms with van der Waals surface area (Å²) in [6, 6.07) is 10.3. The van der Waals surface area contributed by atoms with Crippen molar-refractivity contribution in [2.45, 2.75) is 0 Å². The number of phenols is 1. The molecular formula is C18H18O5. The van der Waals surface area contributed by atoms with Gasteiger partial charge in [0.2, 0.25) is 5.75 Å². The minimum absolute atomic E-state index is 0.0726. The molecule has 0 aromatic heterocycles. The SMILES string of the molecule is COc1cc(O)c(C=CC(=O)c2ccccc2)c(OC)c1OC. The van der Waals surface area contributed by atoms with Crippen LogP contribution >= 0.6 is 0 Å². The van der Waals surface area contributed by atoms with Crippen LogP contribution in [-0.4, -0.2) is 32.2 Å². The highest BCUT2D eigenvalue weighted by Gasteiger charge is 2.19. The molecule has 2 aromatic carbocycles. The molecule has 0 amide bonds. The molecule has 0 heterocycles. The predicted octanol–water partition coefficient (Wildman–Crippen LogP) is 3.31. The Morgan fingerprint density at radius 1 is 1.00 bits per heavy atom. The molecule has 0 fully saturated rings. The fourth-order valence-corrected chi connectivity index (χ4v) is 2.18. The summed E-state index contributed by atoms with van der Waals surface area (Å²) in [6.45, 7) is 0. The Balaban J connectivity index is 2.43. The second-order valence-electron chi connectivity index (χ2n) is 4.64. The summed E-state index contributed by atoms with van der Waals surface area (Å²) >= 11 is 0. The van der Waals surface area contributed by atoms with Crippen molar-refractivity contribution in [2.24, 2.45) is 0 Å². The molecule has 0 aliphatic carbocycles. The zero-order valence-corrected chi connectivity index (χ0v) is 13.2. The van der Waals surface area contributed by atoms with E-state index in [1.165, 1.54) is 39.5 Å². The summed E-state index contributed by atoms with van der Waals surface area (Å²) in [6.07, 6.45) is 2.87. The molecule has 0 aliphatic rings. The van der Waals surface area contributed by atoms with Crippen LogP contribution in [-0.2, 0) is 0 Å². The van der Waals surface area contributed by atoms with Crippen molar-refractivity contribution >= 4 is 11.9 Å². The summed E-state index contributed by atoms with van der Waals surface area (Å²) in [5.41, 5.74) is 0.900. The quantitative estimate of drug-likeness (QED) is 0.654. The second kappa shape index (κ2) is 7.35. The molecule has 5 nitrogen and oxygen atoms in total. The number of phenolic OH excluding ortho intramolecular Hbond substituents is 1. The second-order valence-corrected chi connectivity index (χ2v) is 4.64. The maximum atomic E-state index is 12.1. The number of aromatic hydroxyl groups is 1. The number of benzene rings is 2. The largest absolute Gasteiger partial charge is 0.507 e. The normalized spacial score (nSPS) is 10.6. The number of hydrogen-bond acceptors (Lipinski definition) is 5. The number of ketones is 1. The maximum Gasteiger partial charge on any atom is 0.204 e. The van der Waals surface area contributed by atoms with E-state index in [4.69, 9.17) is 14.2 Å². The molecule has 0 spiro atoms. The summed E-state index contributed by atoms with van der Waals surface area (Å²) in [5.74, 6) is 0.730. The van der Waals surface area contributed by atoms with Gasteiger partial charge in [-0.15, -0.1) is 0 Å². The van der Waals surface area contributed by atoms with Crippen molar-refractivity contribution in [3.63, 3.8) is 0 Å². The van der Waals surface area contributed by atoms with Crippen LogP contribution in [0.1, 0.15) is 15.9 Å². The number of ether oxygens (including phenoxy) is 3. The van der Waals surface area contributed by atoms with Crippen molar-refractivity contribution < 1.29 is 24.1 Å². The van der Waals surface area contributed by atoms with Crippen molar-refractivity contribution in [3.05, 3.63) is 53.6 Å². The number of rotatable bonds is 6. The average Bonchev–Trinajstić information content (AvgIpc) is 2.59. The lowest BCUT2D eigenvalue weighted by atomic mass is 10.1. The first-order valence-electron chi connectivity index (χ1n) is 6.91. The highest BCUT2D eigenvalue weighted by atomic mass is 16.5. The number of hydrogen-bond donors (Lipinski definition) is 1. The Bertz CT molecular complexity index is 720. The molecule has 1 N–H and O–H groups in total. The lowest BCUT2D eigenvalue weighted by molar-refractivity contribution is 0.104. The van der Waals surface area contributed by atoms with Gasteiger partial charge in [-0.05, 0) is 12.2 Å². The third-order valence-corrected chi connectivity index (χ3v) is 3.31. The Morgan fingerprint density at radius 2 is 1.65 bits per heavy atom. The molecule has 0 atom stereocenters. The number of methoxy groups -OCH3 is 3. The van der Waals surface area contributed by atoms with E-state index >= 15 is 0 Å². The van der Waals surface area contributed by atoms with Gasteiger partial charge < -0.3 is 19.3 Å². The van der Waals surface area contributed by atoms with Crippen molar-refractivity contribution in [2.75, 3.05) is 21.3 Å². The van der Waals surface area contributed by atoms with Crippen molar-refractivity contribution in [3.8, 4) is 23.0 Å². The average molecular weight is 314 g/mol. The minimum atomic E-state index is -0.179. The number of allylic oxidation sites excluding steroid dienone is 1. The standard InChI is InChI=1S/C18H18O5/c1-21-16-11-15(20)13(17(22-2)18(16)23-3)9-10-14(19)12-7-5-4-6-8-12/h4-11,20H,1-3H3.